The number of carbonyl (C=O) groups excluding carboxylic acids is 1. The smallest absolute Gasteiger partial charge is 0.416 e. The molecule has 0 saturated carbocycles. The van der Waals surface area contributed by atoms with Gasteiger partial charge in [-0.15, -0.1) is 0 Å². The molecule has 1 heterocycles. The fourth-order valence-electron chi connectivity index (χ4n) is 3.18. The van der Waals surface area contributed by atoms with E-state index in [-0.39, 0.29) is 12.5 Å². The summed E-state index contributed by atoms with van der Waals surface area (Å²) in [7, 11) is -3.67. The number of amides is 1. The Morgan fingerprint density at radius 2 is 1.68 bits per heavy atom. The highest BCUT2D eigenvalue weighted by molar-refractivity contribution is 7.85. The normalized spacial score (nSPS) is 14.7. The van der Waals surface area contributed by atoms with E-state index in [1.165, 1.54) is 12.1 Å². The lowest BCUT2D eigenvalue weighted by atomic mass is 10.1. The summed E-state index contributed by atoms with van der Waals surface area (Å²) in [6.07, 6.45) is -3.62. The van der Waals surface area contributed by atoms with Crippen LogP contribution in [0.3, 0.4) is 0 Å². The molecule has 0 atom stereocenters. The average Bonchev–Trinajstić information content (AvgIpc) is 2.77. The second-order valence-corrected chi connectivity index (χ2v) is 9.03. The molecule has 0 bridgehead atoms. The molecule has 0 aromatic heterocycles. The zero-order valence-corrected chi connectivity index (χ0v) is 19.5. The van der Waals surface area contributed by atoms with Crippen LogP contribution < -0.4 is 15.0 Å². The van der Waals surface area contributed by atoms with Gasteiger partial charge in [-0.25, -0.2) is 0 Å². The van der Waals surface area contributed by atoms with Gasteiger partial charge in [-0.1, -0.05) is 24.3 Å². The predicted octanol–water partition coefficient (Wildman–Crippen LogP) is 2.53. The van der Waals surface area contributed by atoms with Crippen LogP contribution in [-0.2, 0) is 21.1 Å². The van der Waals surface area contributed by atoms with Gasteiger partial charge in [-0.05, 0) is 30.3 Å². The van der Waals surface area contributed by atoms with E-state index in [4.69, 9.17) is 9.29 Å². The molecule has 2 aromatic rings. The maximum atomic E-state index is 12.9. The second kappa shape index (κ2) is 12.6. The number of piperazine rings is 1. The van der Waals surface area contributed by atoms with E-state index in [1.54, 1.807) is 18.2 Å². The molecule has 1 aliphatic rings. The van der Waals surface area contributed by atoms with Crippen LogP contribution in [0.1, 0.15) is 5.56 Å². The van der Waals surface area contributed by atoms with Crippen LogP contribution in [0.25, 0.3) is 0 Å². The number of alkyl halides is 3. The van der Waals surface area contributed by atoms with E-state index >= 15 is 0 Å². The van der Waals surface area contributed by atoms with Gasteiger partial charge in [0.05, 0.1) is 11.8 Å². The number of hydrogen-bond donors (Lipinski definition) is 2. The van der Waals surface area contributed by atoms with Crippen LogP contribution in [0.2, 0.25) is 0 Å². The molecule has 0 unspecified atom stereocenters. The Labute approximate surface area is 197 Å². The monoisotopic (exact) mass is 503 g/mol. The van der Waals surface area contributed by atoms with Crippen molar-refractivity contribution in [2.45, 2.75) is 6.18 Å². The summed E-state index contributed by atoms with van der Waals surface area (Å²) < 4.78 is 69.9. The largest absolute Gasteiger partial charge is 0.484 e. The molecule has 1 saturated heterocycles. The van der Waals surface area contributed by atoms with E-state index in [1.807, 2.05) is 23.1 Å². The minimum absolute atomic E-state index is 0.0344. The van der Waals surface area contributed by atoms with Crippen LogP contribution in [0, 0.1) is 0 Å². The Hall–Kier alpha value is -2.83. The first kappa shape index (κ1) is 27.4. The molecule has 0 spiro atoms. The van der Waals surface area contributed by atoms with Crippen molar-refractivity contribution in [1.82, 2.24) is 10.2 Å². The van der Waals surface area contributed by atoms with Gasteiger partial charge in [-0.3, -0.25) is 14.2 Å². The van der Waals surface area contributed by atoms with Crippen LogP contribution in [0.4, 0.5) is 18.9 Å². The third-order valence-electron chi connectivity index (χ3n) is 4.77. The molecule has 8 nitrogen and oxygen atoms in total. The minimum Gasteiger partial charge on any atom is -0.484 e. The molecule has 188 valence electrons. The molecule has 34 heavy (non-hydrogen) atoms. The topological polar surface area (TPSA) is 99.2 Å². The van der Waals surface area contributed by atoms with Crippen LogP contribution in [-0.4, -0.2) is 75.9 Å². The molecule has 1 fully saturated rings. The molecule has 0 aliphatic carbocycles. The number of para-hydroxylation sites is 1. The van der Waals surface area contributed by atoms with Gasteiger partial charge in [0.15, 0.2) is 6.61 Å². The SMILES string of the molecule is CS(=O)(=O)O.O=C(COc1ccccc1)NCCN1CCN(c2cccc(C(F)(F)F)c2)CC1. The first-order valence-corrected chi connectivity index (χ1v) is 12.3. The summed E-state index contributed by atoms with van der Waals surface area (Å²) >= 11 is 0. The average molecular weight is 504 g/mol. The maximum Gasteiger partial charge on any atom is 0.416 e. The highest BCUT2D eigenvalue weighted by Crippen LogP contribution is 2.31. The Kier molecular flexibility index (Phi) is 10.1. The van der Waals surface area contributed by atoms with Gasteiger partial charge in [-0.2, -0.15) is 21.6 Å². The maximum absolute atomic E-state index is 12.9. The van der Waals surface area contributed by atoms with Crippen LogP contribution in [0.15, 0.2) is 54.6 Å². The number of rotatable bonds is 7. The number of nitrogens with one attached hydrogen (secondary N) is 1. The molecule has 12 heteroatoms. The fourth-order valence-corrected chi connectivity index (χ4v) is 3.18. The molecular weight excluding hydrogens is 475 g/mol. The van der Waals surface area contributed by atoms with Gasteiger partial charge in [0, 0.05) is 45.0 Å². The third kappa shape index (κ3) is 10.9. The number of ether oxygens (including phenoxy) is 1. The summed E-state index contributed by atoms with van der Waals surface area (Å²) in [6, 6.07) is 14.6. The van der Waals surface area contributed by atoms with Crippen LogP contribution >= 0.6 is 0 Å². The van der Waals surface area contributed by atoms with Gasteiger partial charge in [0.1, 0.15) is 5.75 Å². The first-order chi connectivity index (χ1) is 15.9. The summed E-state index contributed by atoms with van der Waals surface area (Å²) in [6.45, 7) is 3.90. The quantitative estimate of drug-likeness (QED) is 0.561. The van der Waals surface area contributed by atoms with Gasteiger partial charge < -0.3 is 15.0 Å². The van der Waals surface area contributed by atoms with Crippen molar-refractivity contribution < 1.29 is 35.7 Å². The van der Waals surface area contributed by atoms with Crippen molar-refractivity contribution in [1.29, 1.82) is 0 Å². The molecule has 2 aromatic carbocycles. The lowest BCUT2D eigenvalue weighted by Crippen LogP contribution is -2.48. The van der Waals surface area contributed by atoms with Gasteiger partial charge >= 0.3 is 6.18 Å². The summed E-state index contributed by atoms with van der Waals surface area (Å²) in [5.74, 6) is 0.463. The fraction of sp³-hybridized carbons (Fsp3) is 0.409. The lowest BCUT2D eigenvalue weighted by molar-refractivity contribution is -0.137. The molecule has 2 N–H and O–H groups in total. The Morgan fingerprint density at radius 3 is 2.26 bits per heavy atom. The summed E-state index contributed by atoms with van der Waals surface area (Å²) in [5.41, 5.74) is -0.0382. The highest BCUT2D eigenvalue weighted by Gasteiger charge is 2.31. The van der Waals surface area contributed by atoms with Gasteiger partial charge in [0.2, 0.25) is 0 Å². The number of halogens is 3. The van der Waals surface area contributed by atoms with Crippen molar-refractivity contribution in [3.05, 3.63) is 60.2 Å². The van der Waals surface area contributed by atoms with Crippen molar-refractivity contribution in [2.75, 3.05) is 57.0 Å². The molecule has 1 amide bonds. The number of anilines is 1. The lowest BCUT2D eigenvalue weighted by Gasteiger charge is -2.36. The Balaban J connectivity index is 0.000000739. The number of carbonyl (C=O) groups is 1. The van der Waals surface area contributed by atoms with Crippen molar-refractivity contribution in [3.8, 4) is 5.75 Å². The highest BCUT2D eigenvalue weighted by atomic mass is 32.2. The summed E-state index contributed by atoms with van der Waals surface area (Å²) in [4.78, 5) is 16.0. The van der Waals surface area contributed by atoms with E-state index in [0.717, 1.165) is 19.2 Å². The first-order valence-electron chi connectivity index (χ1n) is 10.4. The summed E-state index contributed by atoms with van der Waals surface area (Å²) in [5, 5.41) is 2.82. The molecule has 0 radical (unpaired) electrons. The Bertz CT molecular complexity index is 1000. The third-order valence-corrected chi connectivity index (χ3v) is 4.77. The minimum atomic E-state index is -4.33. The van der Waals surface area contributed by atoms with E-state index < -0.39 is 21.9 Å². The predicted molar refractivity (Wildman–Crippen MR) is 123 cm³/mol. The van der Waals surface area contributed by atoms with Crippen molar-refractivity contribution >= 4 is 21.7 Å². The van der Waals surface area contributed by atoms with Crippen molar-refractivity contribution in [3.63, 3.8) is 0 Å². The van der Waals surface area contributed by atoms with Crippen LogP contribution in [0.5, 0.6) is 5.75 Å². The molecular formula is C22H28F3N3O5S. The number of benzene rings is 2. The number of hydrogen-bond acceptors (Lipinski definition) is 6. The van der Waals surface area contributed by atoms with Crippen molar-refractivity contribution in [2.24, 2.45) is 0 Å². The van der Waals surface area contributed by atoms with E-state index in [0.29, 0.717) is 43.9 Å². The number of nitrogens with zero attached hydrogens (tertiary/aromatic N) is 2. The van der Waals surface area contributed by atoms with E-state index in [2.05, 4.69) is 10.2 Å². The molecule has 1 aliphatic heterocycles. The van der Waals surface area contributed by atoms with Gasteiger partial charge in [0.25, 0.3) is 16.0 Å². The second-order valence-electron chi connectivity index (χ2n) is 7.56. The zero-order chi connectivity index (χ0) is 25.2. The van der Waals surface area contributed by atoms with E-state index in [9.17, 15) is 26.4 Å². The zero-order valence-electron chi connectivity index (χ0n) is 18.7. The Morgan fingerprint density at radius 1 is 1.06 bits per heavy atom. The standard InChI is InChI=1S/C21H24F3N3O2.CH4O3S/c22-21(23,24)17-5-4-6-18(15-17)27-13-11-26(12-14-27)10-9-25-20(28)16-29-19-7-2-1-3-8-19;1-5(2,3)4/h1-8,15H,9-14,16H2,(H,25,28);1H3,(H,2,3,4). The molecule has 3 rings (SSSR count).